The molecule has 1 N–H and O–H groups in total. The second kappa shape index (κ2) is 4.52. The van der Waals surface area contributed by atoms with Crippen LogP contribution in [-0.4, -0.2) is 37.0 Å². The van der Waals surface area contributed by atoms with Crippen LogP contribution in [0.4, 0.5) is 4.39 Å². The first-order valence-electron chi connectivity index (χ1n) is 6.10. The highest BCUT2D eigenvalue weighted by molar-refractivity contribution is 6.31. The first-order valence-corrected chi connectivity index (χ1v) is 6.48. The molecule has 3 nitrogen and oxygen atoms in total. The zero-order valence-corrected chi connectivity index (χ0v) is 10.6. The number of likely N-dealkylation sites (tertiary alicyclic amines) is 1. The Morgan fingerprint density at radius 3 is 2.61 bits per heavy atom. The molecule has 2 heterocycles. The van der Waals surface area contributed by atoms with Gasteiger partial charge in [-0.3, -0.25) is 4.79 Å². The minimum Gasteiger partial charge on any atom is -0.338 e. The van der Waals surface area contributed by atoms with Gasteiger partial charge in [0.2, 0.25) is 0 Å². The summed E-state index contributed by atoms with van der Waals surface area (Å²) in [6.07, 6.45) is 0. The zero-order valence-electron chi connectivity index (χ0n) is 9.83. The molecule has 0 radical (unpaired) electrons. The number of nitrogens with zero attached hydrogens (tertiary/aromatic N) is 1. The topological polar surface area (TPSA) is 32.3 Å². The average molecular weight is 269 g/mol. The van der Waals surface area contributed by atoms with Crippen molar-refractivity contribution in [2.45, 2.75) is 0 Å². The fourth-order valence-electron chi connectivity index (χ4n) is 2.83. The van der Waals surface area contributed by atoms with Gasteiger partial charge in [-0.25, -0.2) is 4.39 Å². The molecule has 0 aromatic heterocycles. The van der Waals surface area contributed by atoms with Gasteiger partial charge in [0.25, 0.3) is 5.91 Å². The van der Waals surface area contributed by atoms with E-state index in [0.29, 0.717) is 17.4 Å². The number of fused-ring (bicyclic) bond motifs is 1. The normalized spacial score (nSPS) is 26.4. The molecule has 18 heavy (non-hydrogen) atoms. The van der Waals surface area contributed by atoms with Gasteiger partial charge in [-0.05, 0) is 30.0 Å². The molecule has 2 atom stereocenters. The lowest BCUT2D eigenvalue weighted by Crippen LogP contribution is -2.31. The van der Waals surface area contributed by atoms with Crippen LogP contribution in [0.3, 0.4) is 0 Å². The molecule has 2 fully saturated rings. The molecular formula is C13H14ClFN2O. The van der Waals surface area contributed by atoms with Crippen molar-refractivity contribution >= 4 is 17.5 Å². The monoisotopic (exact) mass is 268 g/mol. The van der Waals surface area contributed by atoms with E-state index in [1.165, 1.54) is 18.2 Å². The molecular weight excluding hydrogens is 255 g/mol. The van der Waals surface area contributed by atoms with Gasteiger partial charge in [-0.1, -0.05) is 11.6 Å². The van der Waals surface area contributed by atoms with Crippen LogP contribution < -0.4 is 5.32 Å². The quantitative estimate of drug-likeness (QED) is 0.842. The smallest absolute Gasteiger partial charge is 0.253 e. The molecule has 3 rings (SSSR count). The summed E-state index contributed by atoms with van der Waals surface area (Å²) in [5.41, 5.74) is 0.467. The average Bonchev–Trinajstić information content (AvgIpc) is 2.92. The van der Waals surface area contributed by atoms with Gasteiger partial charge in [-0.15, -0.1) is 0 Å². The van der Waals surface area contributed by atoms with Crippen LogP contribution in [0.1, 0.15) is 10.4 Å². The summed E-state index contributed by atoms with van der Waals surface area (Å²) in [5, 5.41) is 3.33. The summed E-state index contributed by atoms with van der Waals surface area (Å²) in [4.78, 5) is 14.1. The molecule has 5 heteroatoms. The van der Waals surface area contributed by atoms with Crippen molar-refractivity contribution in [3.8, 4) is 0 Å². The Balaban J connectivity index is 1.77. The molecule has 1 amide bonds. The third-order valence-corrected chi connectivity index (χ3v) is 4.13. The van der Waals surface area contributed by atoms with Crippen LogP contribution in [0, 0.1) is 17.7 Å². The molecule has 0 unspecified atom stereocenters. The fraction of sp³-hybridized carbons (Fsp3) is 0.462. The first kappa shape index (κ1) is 11.9. The third kappa shape index (κ3) is 1.99. The van der Waals surface area contributed by atoms with Crippen LogP contribution in [0.2, 0.25) is 5.02 Å². The van der Waals surface area contributed by atoms with E-state index in [1.807, 2.05) is 4.90 Å². The highest BCUT2D eigenvalue weighted by Gasteiger charge is 2.38. The van der Waals surface area contributed by atoms with E-state index in [2.05, 4.69) is 5.32 Å². The summed E-state index contributed by atoms with van der Waals surface area (Å²) in [6, 6.07) is 4.15. The number of halogens is 2. The van der Waals surface area contributed by atoms with Gasteiger partial charge in [-0.2, -0.15) is 0 Å². The Hall–Kier alpha value is -1.13. The van der Waals surface area contributed by atoms with Crippen LogP contribution in [0.15, 0.2) is 18.2 Å². The maximum atomic E-state index is 13.1. The molecule has 1 aromatic rings. The van der Waals surface area contributed by atoms with Crippen molar-refractivity contribution in [2.24, 2.45) is 11.8 Å². The van der Waals surface area contributed by atoms with Crippen LogP contribution >= 0.6 is 11.6 Å². The lowest BCUT2D eigenvalue weighted by molar-refractivity contribution is 0.0781. The summed E-state index contributed by atoms with van der Waals surface area (Å²) in [5.74, 6) is 0.580. The number of carbonyl (C=O) groups excluding carboxylic acids is 1. The van der Waals surface area contributed by atoms with Crippen LogP contribution in [0.5, 0.6) is 0 Å². The second-order valence-corrected chi connectivity index (χ2v) is 5.42. The number of nitrogens with one attached hydrogen (secondary N) is 1. The minimum absolute atomic E-state index is 0.00177. The molecule has 0 saturated carbocycles. The molecule has 96 valence electrons. The second-order valence-electron chi connectivity index (χ2n) is 5.02. The largest absolute Gasteiger partial charge is 0.338 e. The molecule has 0 aliphatic carbocycles. The van der Waals surface area contributed by atoms with Crippen molar-refractivity contribution in [3.05, 3.63) is 34.6 Å². The van der Waals surface area contributed by atoms with E-state index in [1.54, 1.807) is 0 Å². The van der Waals surface area contributed by atoms with E-state index in [0.717, 1.165) is 26.2 Å². The van der Waals surface area contributed by atoms with Crippen molar-refractivity contribution in [2.75, 3.05) is 26.2 Å². The van der Waals surface area contributed by atoms with E-state index in [4.69, 9.17) is 11.6 Å². The van der Waals surface area contributed by atoms with E-state index < -0.39 is 5.82 Å². The van der Waals surface area contributed by atoms with Gasteiger partial charge >= 0.3 is 0 Å². The Bertz CT molecular complexity index is 482. The Morgan fingerprint density at radius 2 is 2.00 bits per heavy atom. The van der Waals surface area contributed by atoms with Crippen molar-refractivity contribution < 1.29 is 9.18 Å². The number of rotatable bonds is 1. The lowest BCUT2D eigenvalue weighted by atomic mass is 10.0. The lowest BCUT2D eigenvalue weighted by Gasteiger charge is -2.17. The van der Waals surface area contributed by atoms with Gasteiger partial charge in [0.05, 0.1) is 5.02 Å². The van der Waals surface area contributed by atoms with E-state index in [9.17, 15) is 9.18 Å². The summed E-state index contributed by atoms with van der Waals surface area (Å²) in [7, 11) is 0. The molecule has 2 aliphatic rings. The maximum absolute atomic E-state index is 13.1. The fourth-order valence-corrected chi connectivity index (χ4v) is 3.01. The summed E-state index contributed by atoms with van der Waals surface area (Å²) >= 11 is 5.70. The highest BCUT2D eigenvalue weighted by atomic mass is 35.5. The minimum atomic E-state index is -0.490. The Kier molecular flexibility index (Phi) is 2.99. The van der Waals surface area contributed by atoms with E-state index >= 15 is 0 Å². The molecule has 0 spiro atoms. The maximum Gasteiger partial charge on any atom is 0.253 e. The van der Waals surface area contributed by atoms with Crippen molar-refractivity contribution in [3.63, 3.8) is 0 Å². The summed E-state index contributed by atoms with van der Waals surface area (Å²) < 4.78 is 13.1. The highest BCUT2D eigenvalue weighted by Crippen LogP contribution is 2.28. The predicted octanol–water partition coefficient (Wildman–Crippen LogP) is 1.77. The predicted molar refractivity (Wildman–Crippen MR) is 67.2 cm³/mol. The number of benzene rings is 1. The van der Waals surface area contributed by atoms with Gasteiger partial charge < -0.3 is 10.2 Å². The number of hydrogen-bond donors (Lipinski definition) is 1. The zero-order chi connectivity index (χ0) is 12.7. The molecule has 2 saturated heterocycles. The van der Waals surface area contributed by atoms with Crippen LogP contribution in [-0.2, 0) is 0 Å². The Labute approximate surface area is 110 Å². The van der Waals surface area contributed by atoms with E-state index in [-0.39, 0.29) is 10.9 Å². The van der Waals surface area contributed by atoms with Crippen molar-refractivity contribution in [1.29, 1.82) is 0 Å². The molecule has 2 aliphatic heterocycles. The SMILES string of the molecule is O=C(c1ccc(F)c(Cl)c1)N1C[C@H]2CNC[C@H]2C1. The first-order chi connectivity index (χ1) is 8.65. The van der Waals surface area contributed by atoms with Crippen LogP contribution in [0.25, 0.3) is 0 Å². The molecule has 0 bridgehead atoms. The van der Waals surface area contributed by atoms with Gasteiger partial charge in [0.15, 0.2) is 0 Å². The van der Waals surface area contributed by atoms with Gasteiger partial charge in [0.1, 0.15) is 5.82 Å². The third-order valence-electron chi connectivity index (χ3n) is 3.84. The summed E-state index contributed by atoms with van der Waals surface area (Å²) in [6.45, 7) is 3.54. The number of hydrogen-bond acceptors (Lipinski definition) is 2. The molecule has 1 aromatic carbocycles. The Morgan fingerprint density at radius 1 is 1.33 bits per heavy atom. The van der Waals surface area contributed by atoms with Gasteiger partial charge in [0, 0.05) is 31.7 Å². The number of carbonyl (C=O) groups is 1. The number of amides is 1. The van der Waals surface area contributed by atoms with Crippen molar-refractivity contribution in [1.82, 2.24) is 10.2 Å². The standard InChI is InChI=1S/C13H14ClFN2O/c14-11-3-8(1-2-12(11)15)13(18)17-6-9-4-16-5-10(9)7-17/h1-3,9-10,16H,4-7H2/t9-,10+.